The molecule has 2 nitrogen and oxygen atoms in total. The Morgan fingerprint density at radius 1 is 0.870 bits per heavy atom. The quantitative estimate of drug-likeness (QED) is 0.309. The molecule has 0 atom stereocenters. The van der Waals surface area contributed by atoms with Crippen molar-refractivity contribution in [3.05, 3.63) is 57.6 Å². The highest BCUT2D eigenvalue weighted by molar-refractivity contribution is 9.10. The zero-order chi connectivity index (χ0) is 17.3. The minimum absolute atomic E-state index is 0.303. The topological polar surface area (TPSA) is 24.1 Å². The minimum Gasteiger partial charge on any atom is -0.330 e. The largest absolute Gasteiger partial charge is 0.330 e. The van der Waals surface area contributed by atoms with E-state index in [1.807, 2.05) is 5.32 Å². The summed E-state index contributed by atoms with van der Waals surface area (Å²) in [6.07, 6.45) is 0. The van der Waals surface area contributed by atoms with Crippen LogP contribution in [0.25, 0.3) is 0 Å². The minimum atomic E-state index is -1.72. The van der Waals surface area contributed by atoms with Crippen LogP contribution in [0.15, 0.2) is 22.7 Å². The zero-order valence-corrected chi connectivity index (χ0v) is 13.2. The van der Waals surface area contributed by atoms with Crippen molar-refractivity contribution in [3.63, 3.8) is 0 Å². The molecule has 10 heteroatoms. The number of benzene rings is 2. The molecule has 0 fully saturated rings. The summed E-state index contributed by atoms with van der Waals surface area (Å²) in [5, 5.41) is 3.51. The van der Waals surface area contributed by atoms with Crippen LogP contribution in [0.4, 0.5) is 37.7 Å². The van der Waals surface area contributed by atoms with Gasteiger partial charge in [-0.15, -0.1) is 0 Å². The second kappa shape index (κ2) is 6.75. The molecule has 2 rings (SSSR count). The molecule has 0 bridgehead atoms. The Balaban J connectivity index is 2.27. The lowest BCUT2D eigenvalue weighted by Gasteiger charge is -2.14. The maximum Gasteiger partial charge on any atom is 0.186 e. The van der Waals surface area contributed by atoms with Gasteiger partial charge in [0.2, 0.25) is 0 Å². The maximum absolute atomic E-state index is 13.6. The first-order chi connectivity index (χ1) is 10.7. The van der Waals surface area contributed by atoms with Gasteiger partial charge in [0.25, 0.3) is 0 Å². The van der Waals surface area contributed by atoms with Gasteiger partial charge >= 0.3 is 0 Å². The molecule has 122 valence electrons. The monoisotopic (exact) mass is 414 g/mol. The number of thiocarbonyl (C=S) groups is 1. The van der Waals surface area contributed by atoms with Crippen molar-refractivity contribution >= 4 is 44.6 Å². The molecule has 0 saturated carbocycles. The third-order valence-corrected chi connectivity index (χ3v) is 3.53. The van der Waals surface area contributed by atoms with Crippen LogP contribution in [0.1, 0.15) is 0 Å². The molecule has 23 heavy (non-hydrogen) atoms. The van der Waals surface area contributed by atoms with E-state index < -0.39 is 50.2 Å². The predicted octanol–water partition coefficient (Wildman–Crippen LogP) is 5.09. The molecule has 0 aliphatic carbocycles. The second-order valence-corrected chi connectivity index (χ2v) is 5.35. The summed E-state index contributed by atoms with van der Waals surface area (Å²) in [4.78, 5) is 0. The SMILES string of the molecule is Fc1ccc(NC(=S)Nc2c(F)c(F)c(Br)c(F)c2F)c(F)c1. The van der Waals surface area contributed by atoms with Crippen molar-refractivity contribution in [3.8, 4) is 0 Å². The third kappa shape index (κ3) is 3.58. The number of anilines is 2. The Morgan fingerprint density at radius 3 is 1.96 bits per heavy atom. The van der Waals surface area contributed by atoms with Crippen molar-refractivity contribution < 1.29 is 26.3 Å². The molecule has 0 amide bonds. The van der Waals surface area contributed by atoms with Crippen molar-refractivity contribution in [2.75, 3.05) is 10.6 Å². The standard InChI is InChI=1S/C13H5BrF6N2S/c14-7-8(17)10(19)12(11(20)9(7)18)22-13(23)21-6-2-1-4(15)3-5(6)16/h1-3H,(H2,21,22,23). The Bertz CT molecular complexity index is 770. The summed E-state index contributed by atoms with van der Waals surface area (Å²) in [7, 11) is 0. The van der Waals surface area contributed by atoms with Crippen LogP contribution in [-0.4, -0.2) is 5.11 Å². The maximum atomic E-state index is 13.6. The summed E-state index contributed by atoms with van der Waals surface area (Å²) < 4.78 is 79.2. The smallest absolute Gasteiger partial charge is 0.186 e. The van der Waals surface area contributed by atoms with Crippen molar-refractivity contribution in [2.24, 2.45) is 0 Å². The van der Waals surface area contributed by atoms with Gasteiger partial charge in [0.1, 0.15) is 17.3 Å². The number of halogens is 7. The molecule has 0 radical (unpaired) electrons. The molecule has 0 aliphatic rings. The molecular weight excluding hydrogens is 410 g/mol. The molecule has 2 aromatic rings. The molecule has 2 aromatic carbocycles. The Hall–Kier alpha value is -1.81. The van der Waals surface area contributed by atoms with E-state index in [1.54, 1.807) is 0 Å². The van der Waals surface area contributed by atoms with Crippen LogP contribution in [0, 0.1) is 34.9 Å². The molecule has 0 spiro atoms. The summed E-state index contributed by atoms with van der Waals surface area (Å²) >= 11 is 7.04. The van der Waals surface area contributed by atoms with Crippen LogP contribution < -0.4 is 10.6 Å². The van der Waals surface area contributed by atoms with E-state index >= 15 is 0 Å². The van der Waals surface area contributed by atoms with Crippen molar-refractivity contribution in [1.82, 2.24) is 0 Å². The van der Waals surface area contributed by atoms with Crippen molar-refractivity contribution in [2.45, 2.75) is 0 Å². The lowest BCUT2D eigenvalue weighted by atomic mass is 10.2. The lowest BCUT2D eigenvalue weighted by Crippen LogP contribution is -2.22. The highest BCUT2D eigenvalue weighted by atomic mass is 79.9. The average Bonchev–Trinajstić information content (AvgIpc) is 2.50. The van der Waals surface area contributed by atoms with Crippen LogP contribution >= 0.6 is 28.1 Å². The Kier molecular flexibility index (Phi) is 5.15. The van der Waals surface area contributed by atoms with Crippen LogP contribution in [0.5, 0.6) is 0 Å². The number of rotatable bonds is 2. The van der Waals surface area contributed by atoms with Gasteiger partial charge in [-0.3, -0.25) is 0 Å². The molecule has 2 N–H and O–H groups in total. The number of nitrogens with one attached hydrogen (secondary N) is 2. The van der Waals surface area contributed by atoms with E-state index in [4.69, 9.17) is 0 Å². The summed E-state index contributed by atoms with van der Waals surface area (Å²) in [5.74, 6) is -8.65. The second-order valence-electron chi connectivity index (χ2n) is 4.15. The lowest BCUT2D eigenvalue weighted by molar-refractivity contribution is 0.452. The normalized spacial score (nSPS) is 10.6. The molecule has 0 saturated heterocycles. The van der Waals surface area contributed by atoms with Gasteiger partial charge in [0.15, 0.2) is 28.4 Å². The highest BCUT2D eigenvalue weighted by Gasteiger charge is 2.24. The highest BCUT2D eigenvalue weighted by Crippen LogP contribution is 2.31. The molecule has 0 aromatic heterocycles. The fourth-order valence-corrected chi connectivity index (χ4v) is 2.13. The molecule has 0 unspecified atom stereocenters. The Morgan fingerprint density at radius 2 is 1.43 bits per heavy atom. The van der Waals surface area contributed by atoms with E-state index in [1.165, 1.54) is 0 Å². The predicted molar refractivity (Wildman–Crippen MR) is 80.2 cm³/mol. The first-order valence-corrected chi connectivity index (χ1v) is 6.97. The van der Waals surface area contributed by atoms with Gasteiger partial charge in [0.05, 0.1) is 10.2 Å². The molecule has 0 aliphatic heterocycles. The van der Waals surface area contributed by atoms with Crippen LogP contribution in [-0.2, 0) is 0 Å². The summed E-state index contributed by atoms with van der Waals surface area (Å²) in [5.41, 5.74) is -1.49. The van der Waals surface area contributed by atoms with Gasteiger partial charge in [-0.1, -0.05) is 0 Å². The Labute approximate surface area is 139 Å². The van der Waals surface area contributed by atoms with Gasteiger partial charge < -0.3 is 10.6 Å². The van der Waals surface area contributed by atoms with E-state index in [-0.39, 0.29) is 5.69 Å². The van der Waals surface area contributed by atoms with E-state index in [9.17, 15) is 26.3 Å². The fraction of sp³-hybridized carbons (Fsp3) is 0. The average molecular weight is 415 g/mol. The van der Waals surface area contributed by atoms with Crippen LogP contribution in [0.2, 0.25) is 0 Å². The van der Waals surface area contributed by atoms with E-state index in [2.05, 4.69) is 33.5 Å². The van der Waals surface area contributed by atoms with E-state index in [0.717, 1.165) is 12.1 Å². The van der Waals surface area contributed by atoms with Gasteiger partial charge in [-0.25, -0.2) is 26.3 Å². The van der Waals surface area contributed by atoms with Gasteiger partial charge in [0, 0.05) is 6.07 Å². The molecule has 0 heterocycles. The fourth-order valence-electron chi connectivity index (χ4n) is 1.57. The zero-order valence-electron chi connectivity index (χ0n) is 10.8. The van der Waals surface area contributed by atoms with E-state index in [0.29, 0.717) is 6.07 Å². The summed E-state index contributed by atoms with van der Waals surface area (Å²) in [6, 6.07) is 2.44. The van der Waals surface area contributed by atoms with Gasteiger partial charge in [-0.05, 0) is 40.3 Å². The summed E-state index contributed by atoms with van der Waals surface area (Å²) in [6.45, 7) is 0. The third-order valence-electron chi connectivity index (χ3n) is 2.63. The van der Waals surface area contributed by atoms with Gasteiger partial charge in [-0.2, -0.15) is 0 Å². The number of hydrogen-bond acceptors (Lipinski definition) is 1. The molecular formula is C13H5BrF6N2S. The van der Waals surface area contributed by atoms with Crippen molar-refractivity contribution in [1.29, 1.82) is 0 Å². The van der Waals surface area contributed by atoms with Crippen LogP contribution in [0.3, 0.4) is 0 Å². The first-order valence-electron chi connectivity index (χ1n) is 5.77. The first kappa shape index (κ1) is 17.5. The number of hydrogen-bond donors (Lipinski definition) is 2.